The number of allylic oxidation sites excluding steroid dienone is 2. The lowest BCUT2D eigenvalue weighted by Crippen LogP contribution is -2.43. The van der Waals surface area contributed by atoms with E-state index in [1.165, 1.54) is 6.92 Å². The Labute approximate surface area is 183 Å². The van der Waals surface area contributed by atoms with E-state index in [2.05, 4.69) is 0 Å². The van der Waals surface area contributed by atoms with Crippen LogP contribution < -0.4 is 0 Å². The minimum Gasteiger partial charge on any atom is -0.481 e. The highest BCUT2D eigenvalue weighted by Gasteiger charge is 2.42. The number of rotatable bonds is 10. The highest BCUT2D eigenvalue weighted by Crippen LogP contribution is 2.44. The van der Waals surface area contributed by atoms with Crippen LogP contribution in [0.4, 0.5) is 0 Å². The number of ether oxygens (including phenoxy) is 1. The molecule has 0 bridgehead atoms. The lowest BCUT2D eigenvalue weighted by Gasteiger charge is -2.43. The van der Waals surface area contributed by atoms with Gasteiger partial charge in [-0.2, -0.15) is 0 Å². The molecule has 0 saturated heterocycles. The Morgan fingerprint density at radius 1 is 1.19 bits per heavy atom. The lowest BCUT2D eigenvalue weighted by atomic mass is 9.66. The van der Waals surface area contributed by atoms with Crippen molar-refractivity contribution in [2.24, 2.45) is 23.7 Å². The zero-order chi connectivity index (χ0) is 23.3. The summed E-state index contributed by atoms with van der Waals surface area (Å²) in [6, 6.07) is 0. The molecule has 0 unspecified atom stereocenters. The van der Waals surface area contributed by atoms with Gasteiger partial charge in [-0.1, -0.05) is 25.2 Å². The predicted molar refractivity (Wildman–Crippen MR) is 113 cm³/mol. The van der Waals surface area contributed by atoms with Crippen molar-refractivity contribution in [3.8, 4) is 0 Å². The number of aliphatic carboxylic acids is 1. The van der Waals surface area contributed by atoms with Crippen molar-refractivity contribution in [3.05, 3.63) is 23.8 Å². The van der Waals surface area contributed by atoms with Crippen LogP contribution in [0.1, 0.15) is 52.9 Å². The molecule has 2 aliphatic rings. The van der Waals surface area contributed by atoms with Crippen LogP contribution in [0.3, 0.4) is 0 Å². The van der Waals surface area contributed by atoms with Crippen molar-refractivity contribution < 1.29 is 39.9 Å². The zero-order valence-corrected chi connectivity index (χ0v) is 18.4. The molecule has 0 amide bonds. The third kappa shape index (κ3) is 7.14. The van der Waals surface area contributed by atoms with Gasteiger partial charge in [-0.15, -0.1) is 0 Å². The smallest absolute Gasteiger partial charge is 0.311 e. The van der Waals surface area contributed by atoms with E-state index in [1.54, 1.807) is 13.0 Å². The fourth-order valence-corrected chi connectivity index (χ4v) is 4.54. The average Bonchev–Trinajstić information content (AvgIpc) is 2.65. The monoisotopic (exact) mass is 440 g/mol. The largest absolute Gasteiger partial charge is 0.481 e. The number of carboxylic acids is 1. The molecule has 2 aliphatic carbocycles. The molecule has 0 radical (unpaired) electrons. The van der Waals surface area contributed by atoms with Gasteiger partial charge in [0.1, 0.15) is 6.10 Å². The average molecular weight is 441 g/mol. The van der Waals surface area contributed by atoms with Crippen LogP contribution in [0.2, 0.25) is 0 Å². The van der Waals surface area contributed by atoms with Gasteiger partial charge in [-0.05, 0) is 50.5 Å². The van der Waals surface area contributed by atoms with E-state index in [1.807, 2.05) is 19.1 Å². The second kappa shape index (κ2) is 11.2. The topological polar surface area (TPSA) is 145 Å². The van der Waals surface area contributed by atoms with Crippen LogP contribution >= 0.6 is 0 Å². The summed E-state index contributed by atoms with van der Waals surface area (Å²) in [6.45, 7) is 5.18. The van der Waals surface area contributed by atoms with Crippen LogP contribution in [0, 0.1) is 23.7 Å². The van der Waals surface area contributed by atoms with E-state index in [9.17, 15) is 30.0 Å². The van der Waals surface area contributed by atoms with Gasteiger partial charge in [0.15, 0.2) is 0 Å². The first-order chi connectivity index (χ1) is 14.5. The van der Waals surface area contributed by atoms with Crippen molar-refractivity contribution in [1.82, 2.24) is 0 Å². The van der Waals surface area contributed by atoms with Crippen LogP contribution in [-0.2, 0) is 14.3 Å². The van der Waals surface area contributed by atoms with Crippen molar-refractivity contribution in [3.63, 3.8) is 0 Å². The Balaban J connectivity index is 2.10. The maximum Gasteiger partial charge on any atom is 0.311 e. The number of carbonyl (C=O) groups excluding carboxylic acids is 1. The lowest BCUT2D eigenvalue weighted by molar-refractivity contribution is -0.162. The van der Waals surface area contributed by atoms with E-state index in [4.69, 9.17) is 9.84 Å². The number of carboxylic acid groups (broad SMARTS) is 1. The quantitative estimate of drug-likeness (QED) is 0.321. The van der Waals surface area contributed by atoms with E-state index in [0.717, 1.165) is 5.57 Å². The van der Waals surface area contributed by atoms with Gasteiger partial charge in [-0.3, -0.25) is 9.59 Å². The second-order valence-electron chi connectivity index (χ2n) is 9.10. The van der Waals surface area contributed by atoms with Crippen molar-refractivity contribution >= 4 is 11.9 Å². The summed E-state index contributed by atoms with van der Waals surface area (Å²) in [6.07, 6.45) is 2.49. The Hall–Kier alpha value is -1.74. The summed E-state index contributed by atoms with van der Waals surface area (Å²) in [5.74, 6) is -2.27. The van der Waals surface area contributed by atoms with Gasteiger partial charge < -0.3 is 30.3 Å². The standard InChI is InChI=1S/C23H36O8/c1-12-4-5-15-8-17(26)10-20(31-23(30)13(2)14(3)24)22(15)19(12)7-6-16(25)9-18(27)11-21(28)29/h4-5,8,12-14,16-20,22,24-27H,6-7,9-11H2,1-3H3,(H,28,29)/t12-,13-,14+,16-,17+,18+,19-,20-,22-/m0/s1. The highest BCUT2D eigenvalue weighted by atomic mass is 16.5. The van der Waals surface area contributed by atoms with Gasteiger partial charge in [-0.25, -0.2) is 0 Å². The number of esters is 1. The molecule has 9 atom stereocenters. The molecule has 176 valence electrons. The van der Waals surface area contributed by atoms with Crippen molar-refractivity contribution in [1.29, 1.82) is 0 Å². The SMILES string of the molecule is C[C@H](C(=O)O[C@H]1C[C@H](O)C=C2C=C[C@H](C)[C@H](CC[C@H](O)C[C@@H](O)CC(=O)O)[C@H]21)[C@@H](C)O. The summed E-state index contributed by atoms with van der Waals surface area (Å²) in [4.78, 5) is 23.2. The Morgan fingerprint density at radius 2 is 1.87 bits per heavy atom. The number of aliphatic hydroxyl groups excluding tert-OH is 4. The first kappa shape index (κ1) is 25.5. The van der Waals surface area contributed by atoms with E-state index in [-0.39, 0.29) is 30.6 Å². The fourth-order valence-electron chi connectivity index (χ4n) is 4.54. The fraction of sp³-hybridized carbons (Fsp3) is 0.739. The molecule has 0 aromatic carbocycles. The molecule has 2 rings (SSSR count). The third-order valence-corrected chi connectivity index (χ3v) is 6.52. The molecular formula is C23H36O8. The summed E-state index contributed by atoms with van der Waals surface area (Å²) in [7, 11) is 0. The number of fused-ring (bicyclic) bond motifs is 1. The molecule has 5 N–H and O–H groups in total. The molecule has 0 aromatic rings. The minimum absolute atomic E-state index is 0.0143. The molecule has 0 aromatic heterocycles. The molecule has 0 spiro atoms. The number of hydrogen-bond acceptors (Lipinski definition) is 7. The van der Waals surface area contributed by atoms with Gasteiger partial charge in [0, 0.05) is 12.3 Å². The Morgan fingerprint density at radius 3 is 2.48 bits per heavy atom. The van der Waals surface area contributed by atoms with Crippen LogP contribution in [-0.4, -0.2) is 68.0 Å². The maximum absolute atomic E-state index is 12.5. The second-order valence-corrected chi connectivity index (χ2v) is 9.10. The summed E-state index contributed by atoms with van der Waals surface area (Å²) < 4.78 is 5.75. The molecule has 0 aliphatic heterocycles. The van der Waals surface area contributed by atoms with Crippen molar-refractivity contribution in [2.45, 2.75) is 83.4 Å². The van der Waals surface area contributed by atoms with Gasteiger partial charge in [0.05, 0.1) is 36.8 Å². The summed E-state index contributed by atoms with van der Waals surface area (Å²) in [5.41, 5.74) is 0.893. The molecule has 0 fully saturated rings. The molecule has 8 heteroatoms. The van der Waals surface area contributed by atoms with Gasteiger partial charge in [0.2, 0.25) is 0 Å². The molecular weight excluding hydrogens is 404 g/mol. The first-order valence-corrected chi connectivity index (χ1v) is 11.0. The van der Waals surface area contributed by atoms with Crippen LogP contribution in [0.5, 0.6) is 0 Å². The molecule has 31 heavy (non-hydrogen) atoms. The molecule has 8 nitrogen and oxygen atoms in total. The minimum atomic E-state index is -1.11. The van der Waals surface area contributed by atoms with E-state index >= 15 is 0 Å². The van der Waals surface area contributed by atoms with E-state index < -0.39 is 54.8 Å². The number of carbonyl (C=O) groups is 2. The van der Waals surface area contributed by atoms with E-state index in [0.29, 0.717) is 12.8 Å². The normalized spacial score (nSPS) is 31.7. The molecule has 0 heterocycles. The zero-order valence-electron chi connectivity index (χ0n) is 18.4. The number of hydrogen-bond donors (Lipinski definition) is 5. The maximum atomic E-state index is 12.5. The predicted octanol–water partition coefficient (Wildman–Crippen LogP) is 1.41. The van der Waals surface area contributed by atoms with Crippen LogP contribution in [0.25, 0.3) is 0 Å². The Kier molecular flexibility index (Phi) is 9.24. The summed E-state index contributed by atoms with van der Waals surface area (Å²) in [5, 5.41) is 48.8. The van der Waals surface area contributed by atoms with Crippen LogP contribution in [0.15, 0.2) is 23.8 Å². The first-order valence-electron chi connectivity index (χ1n) is 11.0. The third-order valence-electron chi connectivity index (χ3n) is 6.52. The molecule has 0 saturated carbocycles. The van der Waals surface area contributed by atoms with Gasteiger partial charge in [0.25, 0.3) is 0 Å². The Bertz CT molecular complexity index is 685. The highest BCUT2D eigenvalue weighted by molar-refractivity contribution is 5.73. The number of aliphatic hydroxyl groups is 4. The summed E-state index contributed by atoms with van der Waals surface area (Å²) >= 11 is 0. The van der Waals surface area contributed by atoms with Crippen molar-refractivity contribution in [2.75, 3.05) is 0 Å². The van der Waals surface area contributed by atoms with Gasteiger partial charge >= 0.3 is 11.9 Å².